The predicted molar refractivity (Wildman–Crippen MR) is 548 cm³/mol. The molecule has 20 aromatic rings. The van der Waals surface area contributed by atoms with Crippen LogP contribution in [0.2, 0.25) is 0 Å². The van der Waals surface area contributed by atoms with Crippen LogP contribution in [0.15, 0.2) is 478 Å². The number of hydrogen-bond donors (Lipinski definition) is 0. The van der Waals surface area contributed by atoms with Crippen LogP contribution in [-0.2, 0) is 18.4 Å². The van der Waals surface area contributed by atoms with Crippen LogP contribution in [0, 0.1) is 0 Å². The normalized spacial score (nSPS) is 12.8. The molecule has 1 fully saturated rings. The van der Waals surface area contributed by atoms with E-state index in [1.54, 1.807) is 0 Å². The molecule has 12 heteroatoms. The number of rotatable bonds is 18. The number of fused-ring (bicyclic) bond motifs is 2. The quantitative estimate of drug-likeness (QED) is 0.0618. The SMILES string of the molecule is CC1(C)OB(c2ccc(-c3nc(-c4ccccc4)nc(-c4ccccc4)c3-c3ccccc3)cc2)OC1(C)C.O=P(c1ccccc1)(c1ccccc1)c1ccc(-c2ccc(-c3ccc(-c4nc(-c5ccccc5)nc(-c5ccccc5)c4-c4ccccc4)cc3)c3ccccc23)cc1.O=P(c1ccccc1)(c1ccccc1)c1ccc(-c2ccc(Br)c3ccccc23)cc1. The highest BCUT2D eigenvalue weighted by atomic mass is 79.9. The van der Waals surface area contributed by atoms with Crippen LogP contribution in [0.3, 0.4) is 0 Å². The number of aromatic nitrogens is 4. The van der Waals surface area contributed by atoms with E-state index in [1.165, 1.54) is 16.3 Å². The molecule has 626 valence electrons. The van der Waals surface area contributed by atoms with Gasteiger partial charge in [0, 0.05) is 80.8 Å². The number of halogens is 1. The summed E-state index contributed by atoms with van der Waals surface area (Å²) < 4.78 is 43.2. The molecule has 21 rings (SSSR count). The first-order valence-corrected chi connectivity index (χ1v) is 47.9. The maximum atomic E-state index is 15.0. The third-order valence-electron chi connectivity index (χ3n) is 24.6. The summed E-state index contributed by atoms with van der Waals surface area (Å²) in [5.41, 5.74) is 20.7. The maximum absolute atomic E-state index is 15.0. The van der Waals surface area contributed by atoms with Crippen molar-refractivity contribution in [1.29, 1.82) is 0 Å². The molecule has 3 heterocycles. The number of hydrogen-bond acceptors (Lipinski definition) is 8. The van der Waals surface area contributed by atoms with Crippen LogP contribution in [0.25, 0.3) is 145 Å². The van der Waals surface area contributed by atoms with Crippen LogP contribution >= 0.6 is 30.2 Å². The van der Waals surface area contributed by atoms with Gasteiger partial charge in [-0.3, -0.25) is 0 Å². The Bertz CT molecular complexity index is 7370. The maximum Gasteiger partial charge on any atom is 0.494 e. The van der Waals surface area contributed by atoms with Crippen LogP contribution in [-0.4, -0.2) is 38.3 Å². The van der Waals surface area contributed by atoms with Gasteiger partial charge in [0.25, 0.3) is 0 Å². The van der Waals surface area contributed by atoms with Gasteiger partial charge in [-0.15, -0.1) is 0 Å². The highest BCUT2D eigenvalue weighted by Crippen LogP contribution is 2.48. The second-order valence-corrected chi connectivity index (χ2v) is 39.6. The number of nitrogens with zero attached hydrogens (tertiary/aromatic N) is 4. The fourth-order valence-electron chi connectivity index (χ4n) is 17.2. The lowest BCUT2D eigenvalue weighted by Gasteiger charge is -2.32. The smallest absolute Gasteiger partial charge is 0.399 e. The van der Waals surface area contributed by atoms with Gasteiger partial charge >= 0.3 is 7.12 Å². The molecular formula is C118H90BBrN4O4P2. The second-order valence-electron chi connectivity index (χ2n) is 33.2. The van der Waals surface area contributed by atoms with Gasteiger partial charge in [0.15, 0.2) is 25.9 Å². The molecule has 0 radical (unpaired) electrons. The molecule has 0 spiro atoms. The molecule has 18 aromatic carbocycles. The van der Waals surface area contributed by atoms with Gasteiger partial charge in [-0.25, -0.2) is 19.9 Å². The minimum Gasteiger partial charge on any atom is -0.399 e. The van der Waals surface area contributed by atoms with E-state index in [-0.39, 0.29) is 0 Å². The predicted octanol–water partition coefficient (Wildman–Crippen LogP) is 27.6. The molecule has 2 aromatic heterocycles. The van der Waals surface area contributed by atoms with Gasteiger partial charge in [-0.05, 0) is 105 Å². The van der Waals surface area contributed by atoms with Gasteiger partial charge in [0.2, 0.25) is 0 Å². The largest absolute Gasteiger partial charge is 0.494 e. The van der Waals surface area contributed by atoms with Gasteiger partial charge in [0.05, 0.1) is 34.0 Å². The third kappa shape index (κ3) is 17.3. The lowest BCUT2D eigenvalue weighted by molar-refractivity contribution is 0.00578. The zero-order valence-corrected chi connectivity index (χ0v) is 75.7. The summed E-state index contributed by atoms with van der Waals surface area (Å²) in [6.07, 6.45) is 0. The Morgan fingerprint density at radius 2 is 0.438 bits per heavy atom. The zero-order valence-electron chi connectivity index (χ0n) is 72.3. The van der Waals surface area contributed by atoms with Crippen molar-refractivity contribution in [2.75, 3.05) is 0 Å². The summed E-state index contributed by atoms with van der Waals surface area (Å²) in [5.74, 6) is 1.38. The molecular weight excluding hydrogens is 1690 g/mol. The average Bonchev–Trinajstić information content (AvgIpc) is 1.52. The first kappa shape index (κ1) is 85.0. The average molecular weight is 1780 g/mol. The molecule has 0 bridgehead atoms. The van der Waals surface area contributed by atoms with Crippen molar-refractivity contribution in [2.45, 2.75) is 38.9 Å². The molecule has 130 heavy (non-hydrogen) atoms. The molecule has 0 atom stereocenters. The Kier molecular flexibility index (Phi) is 24.5. The molecule has 0 aliphatic carbocycles. The van der Waals surface area contributed by atoms with E-state index < -0.39 is 32.6 Å². The van der Waals surface area contributed by atoms with E-state index in [1.807, 2.05) is 218 Å². The second kappa shape index (κ2) is 37.5. The molecule has 8 nitrogen and oxygen atoms in total. The Hall–Kier alpha value is -14.4. The lowest BCUT2D eigenvalue weighted by atomic mass is 9.78. The van der Waals surface area contributed by atoms with Crippen LogP contribution < -0.4 is 37.3 Å². The fraction of sp³-hybridized carbons (Fsp3) is 0.0508. The molecule has 1 saturated heterocycles. The molecule has 0 amide bonds. The van der Waals surface area contributed by atoms with E-state index in [4.69, 9.17) is 29.2 Å². The Morgan fingerprint density at radius 3 is 0.746 bits per heavy atom. The first-order chi connectivity index (χ1) is 63.6. The van der Waals surface area contributed by atoms with Crippen molar-refractivity contribution in [1.82, 2.24) is 19.9 Å². The minimum atomic E-state index is -3.08. The van der Waals surface area contributed by atoms with Gasteiger partial charge in [-0.1, -0.05) is 483 Å². The minimum absolute atomic E-state index is 0.390. The summed E-state index contributed by atoms with van der Waals surface area (Å²) in [6.45, 7) is 8.30. The lowest BCUT2D eigenvalue weighted by Crippen LogP contribution is -2.41. The van der Waals surface area contributed by atoms with Crippen molar-refractivity contribution >= 4 is 96.2 Å². The van der Waals surface area contributed by atoms with E-state index in [0.717, 1.165) is 159 Å². The summed E-state index contributed by atoms with van der Waals surface area (Å²) in [7, 11) is -6.44. The Balaban J connectivity index is 0.000000135. The van der Waals surface area contributed by atoms with Crippen LogP contribution in [0.4, 0.5) is 0 Å². The Morgan fingerprint density at radius 1 is 0.223 bits per heavy atom. The standard InChI is InChI=1S/C56H39N2OP.C34H31BN2O2.C28H20BrOP/c59-60(46-24-12-4-13-25-46,47-26-14-5-15-27-47)48-36-34-41(35-37-48)50-39-38-49(51-28-16-17-29-52(50)51)40-30-32-44(33-31-40)55-53(42-18-6-1-7-19-42)54(43-20-8-2-9-21-43)57-56(58-55)45-22-10-3-11-23-45;1-33(2)34(3,4)39-35(38-33)28-22-20-26(21-23-28)31-29(24-14-8-5-9-15-24)30(25-16-10-6-11-17-25)36-32(37-31)27-18-12-7-13-19-27;29-28-20-19-25(26-13-7-8-14-27(26)28)21-15-17-24(18-16-21)31(30,22-9-3-1-4-10-22)23-11-5-2-6-12-23/h1-39H;5-23H,1-4H3;1-20H. The van der Waals surface area contributed by atoms with Crippen molar-refractivity contribution in [3.05, 3.63) is 478 Å². The van der Waals surface area contributed by atoms with Gasteiger partial charge in [-0.2, -0.15) is 0 Å². The molecule has 1 aliphatic rings. The van der Waals surface area contributed by atoms with Crippen molar-refractivity contribution in [3.8, 4) is 123 Å². The van der Waals surface area contributed by atoms with E-state index in [0.29, 0.717) is 11.6 Å². The highest BCUT2D eigenvalue weighted by molar-refractivity contribution is 9.10. The van der Waals surface area contributed by atoms with Crippen LogP contribution in [0.5, 0.6) is 0 Å². The summed E-state index contributed by atoms with van der Waals surface area (Å²) in [5, 5.41) is 9.71. The van der Waals surface area contributed by atoms with Crippen molar-refractivity contribution in [3.63, 3.8) is 0 Å². The molecule has 0 saturated carbocycles. The summed E-state index contributed by atoms with van der Waals surface area (Å²) in [4.78, 5) is 20.8. The van der Waals surface area contributed by atoms with Gasteiger partial charge in [0.1, 0.15) is 0 Å². The zero-order chi connectivity index (χ0) is 88.6. The first-order valence-electron chi connectivity index (χ1n) is 43.7. The van der Waals surface area contributed by atoms with E-state index in [9.17, 15) is 4.57 Å². The summed E-state index contributed by atoms with van der Waals surface area (Å²) >= 11 is 3.66. The topological polar surface area (TPSA) is 104 Å². The van der Waals surface area contributed by atoms with Crippen molar-refractivity contribution in [2.24, 2.45) is 0 Å². The fourth-order valence-corrected chi connectivity index (χ4v) is 23.0. The third-order valence-corrected chi connectivity index (χ3v) is 31.5. The van der Waals surface area contributed by atoms with E-state index >= 15 is 4.57 Å². The molecule has 0 N–H and O–H groups in total. The molecule has 0 unspecified atom stereocenters. The van der Waals surface area contributed by atoms with Gasteiger partial charge < -0.3 is 18.4 Å². The monoisotopic (exact) mass is 1780 g/mol. The number of benzene rings is 18. The summed E-state index contributed by atoms with van der Waals surface area (Å²) in [6, 6.07) is 160. The van der Waals surface area contributed by atoms with Crippen LogP contribution in [0.1, 0.15) is 27.7 Å². The highest BCUT2D eigenvalue weighted by Gasteiger charge is 2.52. The Labute approximate surface area is 768 Å². The van der Waals surface area contributed by atoms with Crippen molar-refractivity contribution < 1.29 is 18.4 Å². The molecule has 1 aliphatic heterocycles. The van der Waals surface area contributed by atoms with E-state index in [2.05, 4.69) is 298 Å².